The highest BCUT2D eigenvalue weighted by Crippen LogP contribution is 2.19. The van der Waals surface area contributed by atoms with Crippen LogP contribution >= 0.6 is 12.4 Å². The van der Waals surface area contributed by atoms with E-state index in [0.717, 1.165) is 44.3 Å². The average molecular weight is 352 g/mol. The molecule has 0 aliphatic carbocycles. The molecule has 1 unspecified atom stereocenters. The van der Waals surface area contributed by atoms with Crippen LogP contribution in [-0.4, -0.2) is 48.4 Å². The molecule has 2 saturated heterocycles. The second-order valence-corrected chi connectivity index (χ2v) is 6.46. The van der Waals surface area contributed by atoms with Crippen LogP contribution in [0.3, 0.4) is 0 Å². The van der Waals surface area contributed by atoms with Crippen LogP contribution in [0.2, 0.25) is 0 Å². The molecule has 132 valence electrons. The number of nitrogens with zero attached hydrogens (tertiary/aromatic N) is 1. The van der Waals surface area contributed by atoms with Crippen molar-refractivity contribution in [2.24, 2.45) is 0 Å². The molecule has 2 aliphatic rings. The molecule has 2 heterocycles. The maximum Gasteiger partial charge on any atom is 0.243 e. The van der Waals surface area contributed by atoms with E-state index in [2.05, 4.69) is 10.6 Å². The quantitative estimate of drug-likeness (QED) is 0.864. The topological polar surface area (TPSA) is 61.4 Å². The molecule has 2 atom stereocenters. The van der Waals surface area contributed by atoms with E-state index in [0.29, 0.717) is 13.0 Å². The first-order chi connectivity index (χ1) is 11.2. The molecule has 5 nitrogen and oxygen atoms in total. The van der Waals surface area contributed by atoms with Gasteiger partial charge < -0.3 is 15.5 Å². The smallest absolute Gasteiger partial charge is 0.243 e. The van der Waals surface area contributed by atoms with Gasteiger partial charge in [0.25, 0.3) is 0 Å². The fourth-order valence-corrected chi connectivity index (χ4v) is 3.48. The Morgan fingerprint density at radius 1 is 1.17 bits per heavy atom. The lowest BCUT2D eigenvalue weighted by atomic mass is 10.1. The Hall–Kier alpha value is -1.59. The van der Waals surface area contributed by atoms with Gasteiger partial charge in [0.15, 0.2) is 0 Å². The van der Waals surface area contributed by atoms with Crippen LogP contribution in [-0.2, 0) is 16.0 Å². The Balaban J connectivity index is 0.00000208. The van der Waals surface area contributed by atoms with Crippen molar-refractivity contribution in [2.45, 2.75) is 44.2 Å². The Morgan fingerprint density at radius 3 is 2.67 bits per heavy atom. The zero-order chi connectivity index (χ0) is 16.1. The molecule has 1 aromatic carbocycles. The lowest BCUT2D eigenvalue weighted by molar-refractivity contribution is -0.138. The summed E-state index contributed by atoms with van der Waals surface area (Å²) in [5, 5.41) is 6.42. The highest BCUT2D eigenvalue weighted by Gasteiger charge is 2.34. The predicted octanol–water partition coefficient (Wildman–Crippen LogP) is 1.51. The van der Waals surface area contributed by atoms with Gasteiger partial charge in [0.2, 0.25) is 11.8 Å². The van der Waals surface area contributed by atoms with Crippen molar-refractivity contribution in [2.75, 3.05) is 19.6 Å². The first-order valence-electron chi connectivity index (χ1n) is 8.58. The molecule has 2 aliphatic heterocycles. The number of rotatable bonds is 4. The van der Waals surface area contributed by atoms with Gasteiger partial charge in [-0.3, -0.25) is 9.59 Å². The molecule has 0 saturated carbocycles. The van der Waals surface area contributed by atoms with Crippen LogP contribution in [0, 0.1) is 0 Å². The molecule has 2 amide bonds. The van der Waals surface area contributed by atoms with Crippen molar-refractivity contribution in [1.82, 2.24) is 15.5 Å². The van der Waals surface area contributed by atoms with Crippen LogP contribution in [0.1, 0.15) is 31.2 Å². The zero-order valence-corrected chi connectivity index (χ0v) is 14.7. The fourth-order valence-electron chi connectivity index (χ4n) is 3.48. The average Bonchev–Trinajstić information content (AvgIpc) is 3.06. The largest absolute Gasteiger partial charge is 0.350 e. The maximum atomic E-state index is 12.6. The second kappa shape index (κ2) is 9.04. The number of hydrogen-bond donors (Lipinski definition) is 2. The number of halogens is 1. The Kier molecular flexibility index (Phi) is 7.06. The summed E-state index contributed by atoms with van der Waals surface area (Å²) >= 11 is 0. The molecule has 3 rings (SSSR count). The van der Waals surface area contributed by atoms with Gasteiger partial charge in [0, 0.05) is 19.1 Å². The minimum absolute atomic E-state index is 0. The van der Waals surface area contributed by atoms with Gasteiger partial charge in [-0.05, 0) is 37.8 Å². The third kappa shape index (κ3) is 4.71. The zero-order valence-electron chi connectivity index (χ0n) is 13.9. The Bertz CT molecular complexity index is 546. The Morgan fingerprint density at radius 2 is 1.96 bits per heavy atom. The molecule has 6 heteroatoms. The van der Waals surface area contributed by atoms with Crippen molar-refractivity contribution >= 4 is 24.2 Å². The van der Waals surface area contributed by atoms with E-state index in [1.54, 1.807) is 4.90 Å². The van der Waals surface area contributed by atoms with Crippen molar-refractivity contribution in [1.29, 1.82) is 0 Å². The van der Waals surface area contributed by atoms with E-state index >= 15 is 0 Å². The first-order valence-corrected chi connectivity index (χ1v) is 8.58. The van der Waals surface area contributed by atoms with E-state index in [4.69, 9.17) is 0 Å². The lowest BCUT2D eigenvalue weighted by Crippen LogP contribution is -2.52. The number of benzene rings is 1. The second-order valence-electron chi connectivity index (χ2n) is 6.46. The summed E-state index contributed by atoms with van der Waals surface area (Å²) in [4.78, 5) is 26.9. The van der Waals surface area contributed by atoms with E-state index in [-0.39, 0.29) is 36.3 Å². The van der Waals surface area contributed by atoms with Crippen LogP contribution in [0.4, 0.5) is 0 Å². The monoisotopic (exact) mass is 351 g/mol. The molecule has 1 aromatic rings. The minimum atomic E-state index is -0.298. The molecule has 0 bridgehead atoms. The number of amides is 2. The summed E-state index contributed by atoms with van der Waals surface area (Å²) in [7, 11) is 0. The van der Waals surface area contributed by atoms with E-state index in [1.807, 2.05) is 30.3 Å². The number of nitrogens with one attached hydrogen (secondary N) is 2. The lowest BCUT2D eigenvalue weighted by Gasteiger charge is -2.28. The van der Waals surface area contributed by atoms with Gasteiger partial charge >= 0.3 is 0 Å². The van der Waals surface area contributed by atoms with Crippen molar-refractivity contribution in [3.8, 4) is 0 Å². The van der Waals surface area contributed by atoms with Crippen LogP contribution in [0.25, 0.3) is 0 Å². The molecule has 0 radical (unpaired) electrons. The van der Waals surface area contributed by atoms with Crippen LogP contribution in [0.15, 0.2) is 30.3 Å². The maximum absolute atomic E-state index is 12.6. The third-order valence-electron chi connectivity index (χ3n) is 4.72. The molecule has 0 aromatic heterocycles. The summed E-state index contributed by atoms with van der Waals surface area (Å²) in [5.41, 5.74) is 1.00. The molecular weight excluding hydrogens is 326 g/mol. The van der Waals surface area contributed by atoms with Crippen LogP contribution in [0.5, 0.6) is 0 Å². The number of piperidine rings is 1. The van der Waals surface area contributed by atoms with Gasteiger partial charge in [0.05, 0.1) is 6.42 Å². The third-order valence-corrected chi connectivity index (χ3v) is 4.72. The number of carbonyl (C=O) groups is 2. The predicted molar refractivity (Wildman–Crippen MR) is 96.2 cm³/mol. The van der Waals surface area contributed by atoms with Crippen molar-refractivity contribution in [3.05, 3.63) is 35.9 Å². The van der Waals surface area contributed by atoms with E-state index in [9.17, 15) is 9.59 Å². The van der Waals surface area contributed by atoms with Gasteiger partial charge in [-0.25, -0.2) is 0 Å². The van der Waals surface area contributed by atoms with Gasteiger partial charge in [-0.15, -0.1) is 12.4 Å². The minimum Gasteiger partial charge on any atom is -0.350 e. The number of likely N-dealkylation sites (tertiary alicyclic amines) is 1. The van der Waals surface area contributed by atoms with Gasteiger partial charge in [0.1, 0.15) is 6.04 Å². The van der Waals surface area contributed by atoms with Gasteiger partial charge in [-0.1, -0.05) is 30.3 Å². The number of hydrogen-bond acceptors (Lipinski definition) is 3. The highest BCUT2D eigenvalue weighted by atomic mass is 35.5. The van der Waals surface area contributed by atoms with E-state index < -0.39 is 0 Å². The molecule has 0 spiro atoms. The standard InChI is InChI=1S/C18H25N3O2.ClH/c22-17(12-14-6-2-1-3-7-14)21-11-5-9-16(21)18(23)20-15-8-4-10-19-13-15;/h1-3,6-7,15-16,19H,4-5,8-13H2,(H,20,23);1H/t15-,16?;/m0./s1. The van der Waals surface area contributed by atoms with Gasteiger partial charge in [-0.2, -0.15) is 0 Å². The van der Waals surface area contributed by atoms with Crippen LogP contribution < -0.4 is 10.6 Å². The summed E-state index contributed by atoms with van der Waals surface area (Å²) in [6.07, 6.45) is 4.15. The first kappa shape index (κ1) is 18.7. The summed E-state index contributed by atoms with van der Waals surface area (Å²) < 4.78 is 0. The normalized spacial score (nSPS) is 23.4. The highest BCUT2D eigenvalue weighted by molar-refractivity contribution is 5.89. The Labute approximate surface area is 149 Å². The molecule has 24 heavy (non-hydrogen) atoms. The summed E-state index contributed by atoms with van der Waals surface area (Å²) in [6.45, 7) is 2.54. The molecule has 2 N–H and O–H groups in total. The van der Waals surface area contributed by atoms with E-state index in [1.165, 1.54) is 0 Å². The molecule has 2 fully saturated rings. The van der Waals surface area contributed by atoms with Crippen molar-refractivity contribution in [3.63, 3.8) is 0 Å². The summed E-state index contributed by atoms with van der Waals surface area (Å²) in [5.74, 6) is 0.0632. The number of carbonyl (C=O) groups excluding carboxylic acids is 2. The fraction of sp³-hybridized carbons (Fsp3) is 0.556. The SMILES string of the molecule is Cl.O=C(N[C@H]1CCCNC1)C1CCCN1C(=O)Cc1ccccc1. The summed E-state index contributed by atoms with van der Waals surface area (Å²) in [6, 6.07) is 9.63. The van der Waals surface area contributed by atoms with Crippen molar-refractivity contribution < 1.29 is 9.59 Å². The molecular formula is C18H26ClN3O2.